The number of nitrogens with one attached hydrogen (secondary N) is 1. The summed E-state index contributed by atoms with van der Waals surface area (Å²) in [6.45, 7) is 0.962. The number of hydrogen-bond donors (Lipinski definition) is 1. The molecule has 108 valence electrons. The third-order valence-electron chi connectivity index (χ3n) is 3.88. The van der Waals surface area contributed by atoms with E-state index in [1.807, 2.05) is 19.2 Å². The van der Waals surface area contributed by atoms with E-state index in [0.29, 0.717) is 0 Å². The van der Waals surface area contributed by atoms with Crippen molar-refractivity contribution in [1.82, 2.24) is 9.88 Å². The fourth-order valence-corrected chi connectivity index (χ4v) is 3.14. The van der Waals surface area contributed by atoms with Gasteiger partial charge in [0.2, 0.25) is 0 Å². The minimum atomic E-state index is 0.288. The Kier molecular flexibility index (Phi) is 4.28. The average Bonchev–Trinajstić information content (AvgIpc) is 2.94. The Hall–Kier alpha value is -1.77. The van der Waals surface area contributed by atoms with Crippen LogP contribution in [0.2, 0.25) is 5.02 Å². The van der Waals surface area contributed by atoms with Crippen molar-refractivity contribution < 1.29 is 0 Å². The topological polar surface area (TPSA) is 17.0 Å². The molecule has 0 bridgehead atoms. The highest BCUT2D eigenvalue weighted by Gasteiger charge is 2.16. The lowest BCUT2D eigenvalue weighted by atomic mass is 10.0. The molecule has 21 heavy (non-hydrogen) atoms. The Morgan fingerprint density at radius 3 is 2.62 bits per heavy atom. The van der Waals surface area contributed by atoms with Crippen LogP contribution in [0.1, 0.15) is 18.0 Å². The summed E-state index contributed by atoms with van der Waals surface area (Å²) in [6, 6.07) is 19.1. The summed E-state index contributed by atoms with van der Waals surface area (Å²) in [5, 5.41) is 5.24. The molecule has 1 heterocycles. The van der Waals surface area contributed by atoms with Crippen LogP contribution in [0.25, 0.3) is 10.9 Å². The first-order chi connectivity index (χ1) is 10.3. The van der Waals surface area contributed by atoms with Gasteiger partial charge in [0.15, 0.2) is 0 Å². The second-order valence-electron chi connectivity index (χ2n) is 5.22. The number of aromatic nitrogens is 1. The second kappa shape index (κ2) is 6.33. The molecule has 0 aliphatic carbocycles. The number of rotatable bonds is 5. The van der Waals surface area contributed by atoms with Crippen LogP contribution in [-0.2, 0) is 0 Å². The van der Waals surface area contributed by atoms with Gasteiger partial charge in [-0.05, 0) is 37.7 Å². The van der Waals surface area contributed by atoms with Gasteiger partial charge in [0.05, 0.1) is 16.6 Å². The maximum absolute atomic E-state index is 6.43. The zero-order valence-electron chi connectivity index (χ0n) is 12.1. The Morgan fingerprint density at radius 2 is 1.86 bits per heavy atom. The molecule has 0 aliphatic heterocycles. The molecule has 0 fully saturated rings. The first kappa shape index (κ1) is 14.2. The van der Waals surface area contributed by atoms with E-state index < -0.39 is 0 Å². The van der Waals surface area contributed by atoms with E-state index in [-0.39, 0.29) is 6.04 Å². The van der Waals surface area contributed by atoms with E-state index in [2.05, 4.69) is 58.5 Å². The number of hydrogen-bond acceptors (Lipinski definition) is 1. The maximum Gasteiger partial charge on any atom is 0.0675 e. The number of fused-ring (bicyclic) bond motifs is 1. The fraction of sp³-hybridized carbons (Fsp3) is 0.222. The minimum Gasteiger partial charge on any atom is -0.339 e. The van der Waals surface area contributed by atoms with Gasteiger partial charge < -0.3 is 9.88 Å². The molecule has 0 aliphatic rings. The molecule has 0 saturated carbocycles. The van der Waals surface area contributed by atoms with Gasteiger partial charge in [-0.15, -0.1) is 0 Å². The molecule has 0 radical (unpaired) electrons. The Balaban J connectivity index is 2.10. The van der Waals surface area contributed by atoms with Crippen molar-refractivity contribution in [1.29, 1.82) is 0 Å². The molecule has 1 aromatic heterocycles. The van der Waals surface area contributed by atoms with E-state index in [1.54, 1.807) is 0 Å². The molecule has 1 N–H and O–H groups in total. The minimum absolute atomic E-state index is 0.288. The van der Waals surface area contributed by atoms with Gasteiger partial charge in [0, 0.05) is 11.6 Å². The van der Waals surface area contributed by atoms with Crippen LogP contribution < -0.4 is 5.32 Å². The summed E-state index contributed by atoms with van der Waals surface area (Å²) in [5.41, 5.74) is 2.43. The smallest absolute Gasteiger partial charge is 0.0675 e. The molecule has 0 saturated heterocycles. The lowest BCUT2D eigenvalue weighted by Gasteiger charge is -2.21. The van der Waals surface area contributed by atoms with E-state index in [9.17, 15) is 0 Å². The lowest BCUT2D eigenvalue weighted by Crippen LogP contribution is -2.17. The number of halogens is 1. The monoisotopic (exact) mass is 298 g/mol. The summed E-state index contributed by atoms with van der Waals surface area (Å²) in [4.78, 5) is 0. The van der Waals surface area contributed by atoms with Gasteiger partial charge in [-0.25, -0.2) is 0 Å². The van der Waals surface area contributed by atoms with Gasteiger partial charge in [-0.1, -0.05) is 54.1 Å². The van der Waals surface area contributed by atoms with E-state index in [0.717, 1.165) is 23.5 Å². The molecule has 0 amide bonds. The lowest BCUT2D eigenvalue weighted by molar-refractivity contribution is 0.539. The second-order valence-corrected chi connectivity index (χ2v) is 5.63. The normalized spacial score (nSPS) is 12.7. The van der Waals surface area contributed by atoms with E-state index in [4.69, 9.17) is 11.6 Å². The van der Waals surface area contributed by atoms with Crippen LogP contribution in [0.3, 0.4) is 0 Å². The highest BCUT2D eigenvalue weighted by atomic mass is 35.5. The van der Waals surface area contributed by atoms with Crippen molar-refractivity contribution in [2.75, 3.05) is 13.6 Å². The quantitative estimate of drug-likeness (QED) is 0.734. The number of para-hydroxylation sites is 1. The molecule has 3 heteroatoms. The summed E-state index contributed by atoms with van der Waals surface area (Å²) < 4.78 is 2.30. The van der Waals surface area contributed by atoms with Crippen LogP contribution in [0.5, 0.6) is 0 Å². The zero-order valence-corrected chi connectivity index (χ0v) is 12.8. The summed E-state index contributed by atoms with van der Waals surface area (Å²) in [7, 11) is 1.99. The average molecular weight is 299 g/mol. The fourth-order valence-electron chi connectivity index (χ4n) is 2.86. The van der Waals surface area contributed by atoms with Crippen molar-refractivity contribution in [2.45, 2.75) is 12.5 Å². The first-order valence-electron chi connectivity index (χ1n) is 7.26. The number of benzene rings is 2. The third-order valence-corrected chi connectivity index (χ3v) is 4.18. The van der Waals surface area contributed by atoms with Gasteiger partial charge in [-0.3, -0.25) is 0 Å². The summed E-state index contributed by atoms with van der Waals surface area (Å²) in [6.07, 6.45) is 3.17. The third kappa shape index (κ3) is 2.82. The zero-order chi connectivity index (χ0) is 14.7. The van der Waals surface area contributed by atoms with Crippen molar-refractivity contribution in [3.8, 4) is 0 Å². The Labute approximate surface area is 130 Å². The molecule has 3 rings (SSSR count). The first-order valence-corrected chi connectivity index (χ1v) is 7.63. The predicted octanol–water partition coefficient (Wildman–Crippen LogP) is 4.49. The number of nitrogens with zero attached hydrogens (tertiary/aromatic N) is 1. The van der Waals surface area contributed by atoms with Crippen LogP contribution in [0.15, 0.2) is 60.8 Å². The van der Waals surface area contributed by atoms with E-state index in [1.165, 1.54) is 10.9 Å². The highest BCUT2D eigenvalue weighted by molar-refractivity contribution is 6.35. The highest BCUT2D eigenvalue weighted by Crippen LogP contribution is 2.31. The van der Waals surface area contributed by atoms with Gasteiger partial charge in [-0.2, -0.15) is 0 Å². The van der Waals surface area contributed by atoms with Crippen LogP contribution in [-0.4, -0.2) is 18.2 Å². The Bertz CT molecular complexity index is 718. The van der Waals surface area contributed by atoms with Crippen molar-refractivity contribution in [2.24, 2.45) is 0 Å². The molecule has 2 aromatic carbocycles. The molecule has 1 unspecified atom stereocenters. The van der Waals surface area contributed by atoms with Crippen LogP contribution >= 0.6 is 11.6 Å². The van der Waals surface area contributed by atoms with Crippen molar-refractivity contribution >= 4 is 22.5 Å². The standard InChI is InChI=1S/C18H19ClN2/c1-20-12-10-17(14-6-3-2-4-7-14)21-13-11-15-8-5-9-16(19)18(15)21/h2-9,11,13,17,20H,10,12H2,1H3. The van der Waals surface area contributed by atoms with Crippen molar-refractivity contribution in [3.63, 3.8) is 0 Å². The van der Waals surface area contributed by atoms with Crippen LogP contribution in [0, 0.1) is 0 Å². The summed E-state index contributed by atoms with van der Waals surface area (Å²) >= 11 is 6.43. The van der Waals surface area contributed by atoms with Gasteiger partial charge in [0.1, 0.15) is 0 Å². The molecule has 3 aromatic rings. The van der Waals surface area contributed by atoms with Gasteiger partial charge >= 0.3 is 0 Å². The predicted molar refractivity (Wildman–Crippen MR) is 90.1 cm³/mol. The molecular weight excluding hydrogens is 280 g/mol. The maximum atomic E-state index is 6.43. The van der Waals surface area contributed by atoms with E-state index >= 15 is 0 Å². The molecular formula is C18H19ClN2. The largest absolute Gasteiger partial charge is 0.339 e. The van der Waals surface area contributed by atoms with Crippen molar-refractivity contribution in [3.05, 3.63) is 71.4 Å². The molecule has 2 nitrogen and oxygen atoms in total. The molecule has 1 atom stereocenters. The van der Waals surface area contributed by atoms with Gasteiger partial charge in [0.25, 0.3) is 0 Å². The molecule has 0 spiro atoms. The Morgan fingerprint density at radius 1 is 1.05 bits per heavy atom. The summed E-state index contributed by atoms with van der Waals surface area (Å²) in [5.74, 6) is 0. The SMILES string of the molecule is CNCCC(c1ccccc1)n1ccc2cccc(Cl)c21. The van der Waals surface area contributed by atoms with Crippen LogP contribution in [0.4, 0.5) is 0 Å².